The third-order valence-corrected chi connectivity index (χ3v) is 5.24. The molecule has 2 N–H and O–H groups in total. The van der Waals surface area contributed by atoms with Crippen molar-refractivity contribution in [3.63, 3.8) is 0 Å². The molecule has 0 spiro atoms. The van der Waals surface area contributed by atoms with Gasteiger partial charge in [0.2, 0.25) is 0 Å². The summed E-state index contributed by atoms with van der Waals surface area (Å²) >= 11 is 2.05. The van der Waals surface area contributed by atoms with Crippen molar-refractivity contribution in [3.8, 4) is 0 Å². The summed E-state index contributed by atoms with van der Waals surface area (Å²) < 4.78 is 0. The molecule has 0 saturated carbocycles. The molecular weight excluding hydrogens is 230 g/mol. The Kier molecular flexibility index (Phi) is 9.38. The maximum Gasteiger partial charge on any atom is 0.0613 e. The largest absolute Gasteiger partial charge is 0.394 e. The molecule has 3 heteroatoms. The number of nitrogens with one attached hydrogen (secondary N) is 1. The van der Waals surface area contributed by atoms with Crippen LogP contribution in [-0.2, 0) is 0 Å². The standard InChI is InChI=1S/C14H31NOS/c1-6-14(11-16,15-7-2)9-8-10-17-13(5)12(3)4/h12-13,15-16H,6-11H2,1-5H3. The first-order valence-corrected chi connectivity index (χ1v) is 8.03. The lowest BCUT2D eigenvalue weighted by atomic mass is 9.91. The first-order valence-electron chi connectivity index (χ1n) is 6.98. The van der Waals surface area contributed by atoms with Gasteiger partial charge in [0, 0.05) is 10.8 Å². The SMILES string of the molecule is CCNC(CC)(CO)CCCSC(C)C(C)C. The number of rotatable bonds is 10. The van der Waals surface area contributed by atoms with Crippen LogP contribution >= 0.6 is 11.8 Å². The van der Waals surface area contributed by atoms with Gasteiger partial charge in [-0.15, -0.1) is 0 Å². The predicted molar refractivity (Wildman–Crippen MR) is 79.8 cm³/mol. The molecule has 0 aliphatic heterocycles. The normalized spacial score (nSPS) is 17.1. The van der Waals surface area contributed by atoms with Crippen LogP contribution in [0.15, 0.2) is 0 Å². The van der Waals surface area contributed by atoms with E-state index in [0.29, 0.717) is 0 Å². The smallest absolute Gasteiger partial charge is 0.0613 e. The summed E-state index contributed by atoms with van der Waals surface area (Å²) in [5, 5.41) is 13.7. The molecule has 2 nitrogen and oxygen atoms in total. The van der Waals surface area contributed by atoms with Gasteiger partial charge < -0.3 is 10.4 Å². The van der Waals surface area contributed by atoms with Crippen LogP contribution in [0.5, 0.6) is 0 Å². The highest BCUT2D eigenvalue weighted by Crippen LogP contribution is 2.23. The Labute approximate surface area is 112 Å². The summed E-state index contributed by atoms with van der Waals surface area (Å²) in [7, 11) is 0. The lowest BCUT2D eigenvalue weighted by Crippen LogP contribution is -2.48. The molecule has 0 aliphatic carbocycles. The van der Waals surface area contributed by atoms with Crippen molar-refractivity contribution >= 4 is 11.8 Å². The number of thioether (sulfide) groups is 1. The van der Waals surface area contributed by atoms with Gasteiger partial charge in [-0.25, -0.2) is 0 Å². The van der Waals surface area contributed by atoms with Crippen LogP contribution in [0, 0.1) is 5.92 Å². The Bertz CT molecular complexity index is 181. The molecule has 104 valence electrons. The minimum absolute atomic E-state index is 0.0453. The lowest BCUT2D eigenvalue weighted by molar-refractivity contribution is 0.148. The van der Waals surface area contributed by atoms with Crippen LogP contribution in [0.1, 0.15) is 53.9 Å². The van der Waals surface area contributed by atoms with E-state index in [1.807, 2.05) is 0 Å². The second-order valence-corrected chi connectivity index (χ2v) is 6.73. The average molecular weight is 261 g/mol. The second-order valence-electron chi connectivity index (χ2n) is 5.25. The minimum atomic E-state index is -0.0453. The van der Waals surface area contributed by atoms with Crippen molar-refractivity contribution < 1.29 is 5.11 Å². The highest BCUT2D eigenvalue weighted by Gasteiger charge is 2.25. The zero-order chi connectivity index (χ0) is 13.3. The second kappa shape index (κ2) is 9.23. The van der Waals surface area contributed by atoms with Gasteiger partial charge in [-0.1, -0.05) is 34.6 Å². The summed E-state index contributed by atoms with van der Waals surface area (Å²) in [6.45, 7) is 12.3. The molecular formula is C14H31NOS. The molecule has 0 amide bonds. The Morgan fingerprint density at radius 3 is 2.29 bits per heavy atom. The number of aliphatic hydroxyl groups is 1. The first-order chi connectivity index (χ1) is 8.01. The Morgan fingerprint density at radius 2 is 1.88 bits per heavy atom. The van der Waals surface area contributed by atoms with Crippen LogP contribution in [-0.4, -0.2) is 34.8 Å². The quantitative estimate of drug-likeness (QED) is 0.592. The van der Waals surface area contributed by atoms with Gasteiger partial charge in [0.15, 0.2) is 0 Å². The topological polar surface area (TPSA) is 32.3 Å². The molecule has 0 aromatic rings. The molecule has 0 bridgehead atoms. The molecule has 2 atom stereocenters. The molecule has 0 saturated heterocycles. The fourth-order valence-corrected chi connectivity index (χ4v) is 2.95. The molecule has 0 aliphatic rings. The van der Waals surface area contributed by atoms with Crippen molar-refractivity contribution in [2.45, 2.75) is 64.7 Å². The molecule has 0 heterocycles. The number of likely N-dealkylation sites (N-methyl/N-ethyl adjacent to an activating group) is 1. The molecule has 0 rings (SSSR count). The van der Waals surface area contributed by atoms with E-state index in [1.54, 1.807) is 0 Å². The van der Waals surface area contributed by atoms with Gasteiger partial charge in [0.1, 0.15) is 0 Å². The molecule has 0 aromatic carbocycles. The Hall–Kier alpha value is 0.270. The van der Waals surface area contributed by atoms with Crippen LogP contribution < -0.4 is 5.32 Å². The third-order valence-electron chi connectivity index (χ3n) is 3.65. The van der Waals surface area contributed by atoms with Crippen molar-refractivity contribution in [2.75, 3.05) is 18.9 Å². The molecule has 2 unspecified atom stereocenters. The highest BCUT2D eigenvalue weighted by molar-refractivity contribution is 7.99. The Morgan fingerprint density at radius 1 is 1.24 bits per heavy atom. The van der Waals surface area contributed by atoms with E-state index in [0.717, 1.165) is 30.6 Å². The molecule has 0 fully saturated rings. The summed E-state index contributed by atoms with van der Waals surface area (Å²) in [4.78, 5) is 0. The summed E-state index contributed by atoms with van der Waals surface area (Å²) in [5.41, 5.74) is -0.0453. The van der Waals surface area contributed by atoms with E-state index < -0.39 is 0 Å². The fourth-order valence-electron chi connectivity index (χ4n) is 1.88. The van der Waals surface area contributed by atoms with E-state index >= 15 is 0 Å². The predicted octanol–water partition coefficient (Wildman–Crippen LogP) is 3.29. The van der Waals surface area contributed by atoms with Gasteiger partial charge in [-0.2, -0.15) is 11.8 Å². The highest BCUT2D eigenvalue weighted by atomic mass is 32.2. The summed E-state index contributed by atoms with van der Waals surface area (Å²) in [5.74, 6) is 1.95. The van der Waals surface area contributed by atoms with E-state index in [-0.39, 0.29) is 12.1 Å². The number of hydrogen-bond acceptors (Lipinski definition) is 3. The number of hydrogen-bond donors (Lipinski definition) is 2. The Balaban J connectivity index is 3.90. The summed E-state index contributed by atoms with van der Waals surface area (Å²) in [6.07, 6.45) is 3.26. The average Bonchev–Trinajstić information content (AvgIpc) is 2.32. The molecule has 0 radical (unpaired) electrons. The lowest BCUT2D eigenvalue weighted by Gasteiger charge is -2.32. The van der Waals surface area contributed by atoms with Gasteiger partial charge >= 0.3 is 0 Å². The fraction of sp³-hybridized carbons (Fsp3) is 1.00. The van der Waals surface area contributed by atoms with Crippen molar-refractivity contribution in [2.24, 2.45) is 5.92 Å². The van der Waals surface area contributed by atoms with Crippen molar-refractivity contribution in [1.29, 1.82) is 0 Å². The van der Waals surface area contributed by atoms with E-state index in [9.17, 15) is 5.11 Å². The monoisotopic (exact) mass is 261 g/mol. The van der Waals surface area contributed by atoms with Gasteiger partial charge in [0.05, 0.1) is 6.61 Å². The van der Waals surface area contributed by atoms with Crippen LogP contribution in [0.3, 0.4) is 0 Å². The minimum Gasteiger partial charge on any atom is -0.394 e. The van der Waals surface area contributed by atoms with Gasteiger partial charge in [0.25, 0.3) is 0 Å². The van der Waals surface area contributed by atoms with Crippen LogP contribution in [0.25, 0.3) is 0 Å². The van der Waals surface area contributed by atoms with Gasteiger partial charge in [-0.3, -0.25) is 0 Å². The van der Waals surface area contributed by atoms with E-state index in [2.05, 4.69) is 51.7 Å². The number of aliphatic hydroxyl groups excluding tert-OH is 1. The van der Waals surface area contributed by atoms with Gasteiger partial charge in [-0.05, 0) is 37.5 Å². The summed E-state index contributed by atoms with van der Waals surface area (Å²) in [6, 6.07) is 0. The maximum atomic E-state index is 9.54. The molecule has 0 aromatic heterocycles. The van der Waals surface area contributed by atoms with E-state index in [1.165, 1.54) is 12.2 Å². The van der Waals surface area contributed by atoms with Crippen LogP contribution in [0.4, 0.5) is 0 Å². The van der Waals surface area contributed by atoms with Crippen molar-refractivity contribution in [3.05, 3.63) is 0 Å². The first kappa shape index (κ1) is 17.3. The molecule has 17 heavy (non-hydrogen) atoms. The third kappa shape index (κ3) is 6.68. The van der Waals surface area contributed by atoms with Crippen LogP contribution in [0.2, 0.25) is 0 Å². The maximum absolute atomic E-state index is 9.54. The van der Waals surface area contributed by atoms with E-state index in [4.69, 9.17) is 0 Å². The van der Waals surface area contributed by atoms with Crippen molar-refractivity contribution in [1.82, 2.24) is 5.32 Å². The zero-order valence-corrected chi connectivity index (χ0v) is 13.1. The zero-order valence-electron chi connectivity index (χ0n) is 12.3.